The summed E-state index contributed by atoms with van der Waals surface area (Å²) < 4.78 is 26.7. The van der Waals surface area contributed by atoms with E-state index in [2.05, 4.69) is 16.9 Å². The van der Waals surface area contributed by atoms with Crippen LogP contribution in [0.15, 0.2) is 18.3 Å². The van der Waals surface area contributed by atoms with Crippen molar-refractivity contribution in [2.24, 2.45) is 17.6 Å². The molecule has 2 N–H and O–H groups in total. The summed E-state index contributed by atoms with van der Waals surface area (Å²) in [5.41, 5.74) is 7.93. The van der Waals surface area contributed by atoms with E-state index in [4.69, 9.17) is 15.2 Å². The molecule has 2 saturated heterocycles. The highest BCUT2D eigenvalue weighted by molar-refractivity contribution is 5.78. The highest BCUT2D eigenvalue weighted by atomic mass is 19.1. The van der Waals surface area contributed by atoms with Gasteiger partial charge in [0.2, 0.25) is 5.88 Å². The first kappa shape index (κ1) is 18.3. The summed E-state index contributed by atoms with van der Waals surface area (Å²) >= 11 is 0. The van der Waals surface area contributed by atoms with Crippen molar-refractivity contribution < 1.29 is 13.9 Å². The Balaban J connectivity index is 1.36. The average Bonchev–Trinajstić information content (AvgIpc) is 3.42. The number of fused-ring (bicyclic) bond motifs is 4. The van der Waals surface area contributed by atoms with Crippen molar-refractivity contribution >= 4 is 11.0 Å². The molecule has 150 valence electrons. The maximum atomic E-state index is 14.7. The van der Waals surface area contributed by atoms with Crippen molar-refractivity contribution in [1.82, 2.24) is 9.97 Å². The molecular formula is C22H28FN3O2. The third-order valence-electron chi connectivity index (χ3n) is 7.11. The molecule has 0 amide bonds. The maximum absolute atomic E-state index is 14.7. The summed E-state index contributed by atoms with van der Waals surface area (Å²) in [7, 11) is 0. The summed E-state index contributed by atoms with van der Waals surface area (Å²) in [6.07, 6.45) is 7.76. The predicted molar refractivity (Wildman–Crippen MR) is 105 cm³/mol. The molecule has 6 rings (SSSR count). The zero-order valence-corrected chi connectivity index (χ0v) is 16.4. The van der Waals surface area contributed by atoms with E-state index >= 15 is 0 Å². The Hall–Kier alpha value is -1.79. The molecule has 2 aliphatic heterocycles. The quantitative estimate of drug-likeness (QED) is 0.819. The van der Waals surface area contributed by atoms with E-state index in [1.807, 2.05) is 12.1 Å². The van der Waals surface area contributed by atoms with Gasteiger partial charge >= 0.3 is 0 Å². The molecular weight excluding hydrogens is 357 g/mol. The molecule has 4 aliphatic rings. The van der Waals surface area contributed by atoms with Crippen molar-refractivity contribution in [2.75, 3.05) is 13.2 Å². The van der Waals surface area contributed by atoms with Crippen LogP contribution in [-0.2, 0) is 11.2 Å². The number of rotatable bonds is 6. The highest BCUT2D eigenvalue weighted by Gasteiger charge is 2.47. The molecule has 28 heavy (non-hydrogen) atoms. The van der Waals surface area contributed by atoms with E-state index in [9.17, 15) is 4.39 Å². The Labute approximate surface area is 164 Å². The fourth-order valence-corrected chi connectivity index (χ4v) is 4.68. The number of hydrogen-bond acceptors (Lipinski definition) is 5. The lowest BCUT2D eigenvalue weighted by Gasteiger charge is -2.51. The van der Waals surface area contributed by atoms with Crippen LogP contribution in [0.3, 0.4) is 0 Å². The summed E-state index contributed by atoms with van der Waals surface area (Å²) in [6.45, 7) is 3.52. The molecule has 2 aliphatic carbocycles. The van der Waals surface area contributed by atoms with Gasteiger partial charge in [-0.15, -0.1) is 0 Å². The standard InChI is InChI=1S/C22H28FN3O2/c1-14-10-15(14)12-27-19-3-2-18-20(26-19)16(17(23)11-25-18)4-5-22-8-6-21(24,7-9-22)13-28-22/h2-3,11,14-15H,4-10,12-13,24H2,1H3/t14-,15+,21?,22?/m0/s1. The van der Waals surface area contributed by atoms with Crippen LogP contribution < -0.4 is 10.5 Å². The average molecular weight is 385 g/mol. The third kappa shape index (κ3) is 3.37. The van der Waals surface area contributed by atoms with Gasteiger partial charge in [-0.05, 0) is 62.8 Å². The summed E-state index contributed by atoms with van der Waals surface area (Å²) in [6, 6.07) is 3.70. The normalized spacial score (nSPS) is 34.0. The van der Waals surface area contributed by atoms with Crippen molar-refractivity contribution in [3.05, 3.63) is 29.7 Å². The summed E-state index contributed by atoms with van der Waals surface area (Å²) in [5, 5.41) is 0. The van der Waals surface area contributed by atoms with Crippen molar-refractivity contribution in [3.8, 4) is 5.88 Å². The largest absolute Gasteiger partial charge is 0.477 e. The van der Waals surface area contributed by atoms with Gasteiger partial charge in [0, 0.05) is 17.2 Å². The fourth-order valence-electron chi connectivity index (χ4n) is 4.68. The molecule has 2 bridgehead atoms. The Morgan fingerprint density at radius 2 is 2.07 bits per heavy atom. The minimum absolute atomic E-state index is 0.150. The smallest absolute Gasteiger partial charge is 0.213 e. The second kappa shape index (κ2) is 6.63. The van der Waals surface area contributed by atoms with Gasteiger partial charge in [-0.1, -0.05) is 6.92 Å². The van der Waals surface area contributed by atoms with Crippen molar-refractivity contribution in [2.45, 2.75) is 63.0 Å². The molecule has 2 aromatic rings. The van der Waals surface area contributed by atoms with Gasteiger partial charge in [-0.2, -0.15) is 0 Å². The van der Waals surface area contributed by atoms with Gasteiger partial charge in [0.1, 0.15) is 5.82 Å². The number of nitrogens with zero attached hydrogens (tertiary/aromatic N) is 2. The van der Waals surface area contributed by atoms with E-state index in [0.717, 1.165) is 38.0 Å². The predicted octanol–water partition coefficient (Wildman–Crippen LogP) is 3.78. The first-order valence-corrected chi connectivity index (χ1v) is 10.5. The number of aryl methyl sites for hydroxylation is 1. The van der Waals surface area contributed by atoms with Gasteiger partial charge in [0.15, 0.2) is 0 Å². The lowest BCUT2D eigenvalue weighted by atomic mass is 9.70. The molecule has 4 heterocycles. The van der Waals surface area contributed by atoms with Crippen LogP contribution in [0.25, 0.3) is 11.0 Å². The Kier molecular flexibility index (Phi) is 4.32. The molecule has 0 unspecified atom stereocenters. The van der Waals surface area contributed by atoms with E-state index < -0.39 is 0 Å². The van der Waals surface area contributed by atoms with E-state index in [-0.39, 0.29) is 17.0 Å². The number of halogens is 1. The zero-order chi connectivity index (χ0) is 19.4. The van der Waals surface area contributed by atoms with Crippen LogP contribution in [0.1, 0.15) is 51.0 Å². The first-order valence-electron chi connectivity index (χ1n) is 10.5. The second-order valence-corrected chi connectivity index (χ2v) is 9.22. The number of pyridine rings is 2. The van der Waals surface area contributed by atoms with Gasteiger partial charge in [0.25, 0.3) is 0 Å². The van der Waals surface area contributed by atoms with Crippen LogP contribution >= 0.6 is 0 Å². The van der Waals surface area contributed by atoms with Crippen LogP contribution in [0.4, 0.5) is 4.39 Å². The Bertz CT molecular complexity index is 878. The van der Waals surface area contributed by atoms with E-state index in [0.29, 0.717) is 48.0 Å². The first-order chi connectivity index (χ1) is 13.5. The van der Waals surface area contributed by atoms with E-state index in [1.165, 1.54) is 12.6 Å². The van der Waals surface area contributed by atoms with Gasteiger partial charge < -0.3 is 15.2 Å². The molecule has 2 atom stereocenters. The Morgan fingerprint density at radius 3 is 2.75 bits per heavy atom. The fraction of sp³-hybridized carbons (Fsp3) is 0.636. The summed E-state index contributed by atoms with van der Waals surface area (Å²) in [4.78, 5) is 8.82. The molecule has 0 aromatic carbocycles. The minimum atomic E-state index is -0.302. The monoisotopic (exact) mass is 385 g/mol. The molecule has 5 nitrogen and oxygen atoms in total. The third-order valence-corrected chi connectivity index (χ3v) is 7.11. The molecule has 2 saturated carbocycles. The summed E-state index contributed by atoms with van der Waals surface area (Å²) in [5.74, 6) is 1.60. The minimum Gasteiger partial charge on any atom is -0.477 e. The van der Waals surface area contributed by atoms with Gasteiger partial charge in [-0.25, -0.2) is 9.37 Å². The van der Waals surface area contributed by atoms with Gasteiger partial charge in [0.05, 0.1) is 36.0 Å². The number of ether oxygens (including phenoxy) is 2. The molecule has 0 radical (unpaired) electrons. The molecule has 6 heteroatoms. The lowest BCUT2D eigenvalue weighted by Crippen LogP contribution is -2.59. The van der Waals surface area contributed by atoms with Crippen LogP contribution in [0.5, 0.6) is 5.88 Å². The van der Waals surface area contributed by atoms with Crippen molar-refractivity contribution in [1.29, 1.82) is 0 Å². The maximum Gasteiger partial charge on any atom is 0.213 e. The number of aromatic nitrogens is 2. The van der Waals surface area contributed by atoms with Crippen LogP contribution in [0.2, 0.25) is 0 Å². The van der Waals surface area contributed by atoms with E-state index in [1.54, 1.807) is 0 Å². The van der Waals surface area contributed by atoms with Gasteiger partial charge in [-0.3, -0.25) is 4.98 Å². The SMILES string of the molecule is C[C@H]1C[C@@H]1COc1ccc2ncc(F)c(CCC34CCC(N)(CC3)CO4)c2n1. The van der Waals surface area contributed by atoms with Crippen molar-refractivity contribution in [3.63, 3.8) is 0 Å². The Morgan fingerprint density at radius 1 is 1.29 bits per heavy atom. The van der Waals surface area contributed by atoms with Crippen LogP contribution in [0, 0.1) is 17.7 Å². The van der Waals surface area contributed by atoms with Crippen LogP contribution in [-0.4, -0.2) is 34.3 Å². The zero-order valence-electron chi connectivity index (χ0n) is 16.4. The lowest BCUT2D eigenvalue weighted by molar-refractivity contribution is -0.156. The topological polar surface area (TPSA) is 70.3 Å². The second-order valence-electron chi connectivity index (χ2n) is 9.22. The number of hydrogen-bond donors (Lipinski definition) is 1. The number of nitrogens with two attached hydrogens (primary N) is 1. The highest BCUT2D eigenvalue weighted by Crippen LogP contribution is 2.45. The molecule has 0 spiro atoms. The molecule has 4 fully saturated rings. The molecule has 2 aromatic heterocycles.